The molecule has 2 N–H and O–H groups in total. The van der Waals surface area contributed by atoms with Gasteiger partial charge in [-0.3, -0.25) is 4.90 Å². The molecule has 0 aromatic heterocycles. The highest BCUT2D eigenvalue weighted by Gasteiger charge is 2.39. The van der Waals surface area contributed by atoms with E-state index in [-0.39, 0.29) is 5.54 Å². The first-order valence-corrected chi connectivity index (χ1v) is 7.80. The largest absolute Gasteiger partial charge is 0.383 e. The summed E-state index contributed by atoms with van der Waals surface area (Å²) in [5.41, 5.74) is 6.01. The minimum absolute atomic E-state index is 0.0504. The van der Waals surface area contributed by atoms with Crippen LogP contribution in [0.15, 0.2) is 0 Å². The summed E-state index contributed by atoms with van der Waals surface area (Å²) in [6.07, 6.45) is 3.31. The third-order valence-electron chi connectivity index (χ3n) is 3.90. The first-order chi connectivity index (χ1) is 7.99. The van der Waals surface area contributed by atoms with Gasteiger partial charge in [-0.1, -0.05) is 20.8 Å². The number of rotatable bonds is 9. The highest BCUT2D eigenvalue weighted by molar-refractivity contribution is 7.98. The SMILES string of the molecule is CCC(CSC)N(C)C(CN)(COC)C(C)C. The Morgan fingerprint density at radius 2 is 2.00 bits per heavy atom. The van der Waals surface area contributed by atoms with Gasteiger partial charge in [-0.15, -0.1) is 0 Å². The number of thioether (sulfide) groups is 1. The second-order valence-corrected chi connectivity index (χ2v) is 5.93. The lowest BCUT2D eigenvalue weighted by Crippen LogP contribution is -2.62. The molecule has 0 aromatic carbocycles. The van der Waals surface area contributed by atoms with E-state index in [2.05, 4.69) is 39.0 Å². The summed E-state index contributed by atoms with van der Waals surface area (Å²) in [7, 11) is 3.95. The molecule has 0 saturated carbocycles. The van der Waals surface area contributed by atoms with Crippen molar-refractivity contribution in [2.24, 2.45) is 11.7 Å². The van der Waals surface area contributed by atoms with E-state index >= 15 is 0 Å². The number of hydrogen-bond acceptors (Lipinski definition) is 4. The molecule has 2 atom stereocenters. The maximum absolute atomic E-state index is 6.06. The molecule has 0 aliphatic rings. The molecule has 0 rings (SSSR count). The molecule has 0 fully saturated rings. The van der Waals surface area contributed by atoms with Crippen molar-refractivity contribution in [1.29, 1.82) is 0 Å². The predicted octanol–water partition coefficient (Wildman–Crippen LogP) is 2.06. The van der Waals surface area contributed by atoms with Gasteiger partial charge in [0, 0.05) is 25.4 Å². The summed E-state index contributed by atoms with van der Waals surface area (Å²) in [5.74, 6) is 1.62. The lowest BCUT2D eigenvalue weighted by Gasteiger charge is -2.47. The molecule has 17 heavy (non-hydrogen) atoms. The second kappa shape index (κ2) is 8.35. The summed E-state index contributed by atoms with van der Waals surface area (Å²) < 4.78 is 5.43. The van der Waals surface area contributed by atoms with E-state index in [0.717, 1.165) is 12.2 Å². The smallest absolute Gasteiger partial charge is 0.0661 e. The average Bonchev–Trinajstić information content (AvgIpc) is 2.31. The number of methoxy groups -OCH3 is 1. The van der Waals surface area contributed by atoms with E-state index < -0.39 is 0 Å². The van der Waals surface area contributed by atoms with Crippen LogP contribution in [0, 0.1) is 5.92 Å². The van der Waals surface area contributed by atoms with Gasteiger partial charge in [0.2, 0.25) is 0 Å². The van der Waals surface area contributed by atoms with E-state index in [9.17, 15) is 0 Å². The summed E-state index contributed by atoms with van der Waals surface area (Å²) in [4.78, 5) is 2.44. The van der Waals surface area contributed by atoms with E-state index in [1.165, 1.54) is 0 Å². The molecule has 0 radical (unpaired) electrons. The van der Waals surface area contributed by atoms with Crippen molar-refractivity contribution in [3.63, 3.8) is 0 Å². The molecule has 4 heteroatoms. The van der Waals surface area contributed by atoms with Crippen LogP contribution in [0.4, 0.5) is 0 Å². The highest BCUT2D eigenvalue weighted by Crippen LogP contribution is 2.27. The van der Waals surface area contributed by atoms with Crippen molar-refractivity contribution in [3.8, 4) is 0 Å². The van der Waals surface area contributed by atoms with Crippen LogP contribution in [-0.4, -0.2) is 55.8 Å². The minimum atomic E-state index is -0.0504. The standard InChI is InChI=1S/C13H30N2OS/c1-7-12(8-17-6)15(4)13(9-14,10-16-5)11(2)3/h11-12H,7-10,14H2,1-6H3. The Kier molecular flexibility index (Phi) is 8.47. The number of hydrogen-bond donors (Lipinski definition) is 1. The van der Waals surface area contributed by atoms with Crippen molar-refractivity contribution in [2.75, 3.05) is 39.3 Å². The Bertz CT molecular complexity index is 202. The van der Waals surface area contributed by atoms with Crippen LogP contribution in [0.25, 0.3) is 0 Å². The average molecular weight is 262 g/mol. The minimum Gasteiger partial charge on any atom is -0.383 e. The summed E-state index contributed by atoms with van der Waals surface area (Å²) in [6, 6.07) is 0.561. The van der Waals surface area contributed by atoms with Gasteiger partial charge in [0.15, 0.2) is 0 Å². The van der Waals surface area contributed by atoms with Gasteiger partial charge in [-0.2, -0.15) is 11.8 Å². The van der Waals surface area contributed by atoms with Gasteiger partial charge in [0.05, 0.1) is 12.1 Å². The quantitative estimate of drug-likeness (QED) is 0.690. The molecular weight excluding hydrogens is 232 g/mol. The van der Waals surface area contributed by atoms with Crippen molar-refractivity contribution >= 4 is 11.8 Å². The fourth-order valence-electron chi connectivity index (χ4n) is 2.42. The molecule has 104 valence electrons. The zero-order valence-electron chi connectivity index (χ0n) is 12.3. The Labute approximate surface area is 111 Å². The van der Waals surface area contributed by atoms with Crippen LogP contribution in [0.1, 0.15) is 27.2 Å². The molecular formula is C13H30N2OS. The van der Waals surface area contributed by atoms with Crippen molar-refractivity contribution < 1.29 is 4.74 Å². The number of nitrogens with zero attached hydrogens (tertiary/aromatic N) is 1. The van der Waals surface area contributed by atoms with E-state index in [1.54, 1.807) is 7.11 Å². The maximum Gasteiger partial charge on any atom is 0.0661 e. The Morgan fingerprint density at radius 1 is 1.41 bits per heavy atom. The van der Waals surface area contributed by atoms with E-state index in [1.807, 2.05) is 11.8 Å². The first kappa shape index (κ1) is 17.2. The Balaban J connectivity index is 4.99. The monoisotopic (exact) mass is 262 g/mol. The maximum atomic E-state index is 6.06. The Hall–Kier alpha value is 0.230. The Morgan fingerprint density at radius 3 is 2.29 bits per heavy atom. The predicted molar refractivity (Wildman–Crippen MR) is 78.7 cm³/mol. The topological polar surface area (TPSA) is 38.5 Å². The van der Waals surface area contributed by atoms with Crippen molar-refractivity contribution in [2.45, 2.75) is 38.8 Å². The van der Waals surface area contributed by atoms with Crippen LogP contribution in [-0.2, 0) is 4.74 Å². The molecule has 2 unspecified atom stereocenters. The third-order valence-corrected chi connectivity index (χ3v) is 4.62. The number of likely N-dealkylation sites (N-methyl/N-ethyl adjacent to an activating group) is 1. The highest BCUT2D eigenvalue weighted by atomic mass is 32.2. The normalized spacial score (nSPS) is 17.5. The van der Waals surface area contributed by atoms with Gasteiger partial charge < -0.3 is 10.5 Å². The van der Waals surface area contributed by atoms with Gasteiger partial charge in [0.25, 0.3) is 0 Å². The van der Waals surface area contributed by atoms with Crippen LogP contribution in [0.3, 0.4) is 0 Å². The molecule has 0 bridgehead atoms. The fraction of sp³-hybridized carbons (Fsp3) is 1.00. The molecule has 3 nitrogen and oxygen atoms in total. The molecule has 0 amide bonds. The third kappa shape index (κ3) is 4.12. The fourth-order valence-corrected chi connectivity index (χ4v) is 3.27. The molecule has 0 spiro atoms. The van der Waals surface area contributed by atoms with Gasteiger partial charge >= 0.3 is 0 Å². The first-order valence-electron chi connectivity index (χ1n) is 6.41. The molecule has 0 aliphatic carbocycles. The number of nitrogens with two attached hydrogens (primary N) is 1. The van der Waals surface area contributed by atoms with Crippen molar-refractivity contribution in [1.82, 2.24) is 4.90 Å². The van der Waals surface area contributed by atoms with Crippen molar-refractivity contribution in [3.05, 3.63) is 0 Å². The van der Waals surface area contributed by atoms with Crippen LogP contribution in [0.5, 0.6) is 0 Å². The van der Waals surface area contributed by atoms with E-state index in [4.69, 9.17) is 10.5 Å². The van der Waals surface area contributed by atoms with Gasteiger partial charge in [-0.25, -0.2) is 0 Å². The van der Waals surface area contributed by atoms with Gasteiger partial charge in [-0.05, 0) is 25.6 Å². The summed E-state index contributed by atoms with van der Waals surface area (Å²) >= 11 is 1.90. The lowest BCUT2D eigenvalue weighted by atomic mass is 9.84. The summed E-state index contributed by atoms with van der Waals surface area (Å²) in [5, 5.41) is 0. The van der Waals surface area contributed by atoms with E-state index in [0.29, 0.717) is 25.1 Å². The molecule has 0 aliphatic heterocycles. The summed E-state index contributed by atoms with van der Waals surface area (Å²) in [6.45, 7) is 8.04. The van der Waals surface area contributed by atoms with Crippen LogP contribution >= 0.6 is 11.8 Å². The van der Waals surface area contributed by atoms with Gasteiger partial charge in [0.1, 0.15) is 0 Å². The van der Waals surface area contributed by atoms with Crippen LogP contribution < -0.4 is 5.73 Å². The van der Waals surface area contributed by atoms with Crippen LogP contribution in [0.2, 0.25) is 0 Å². The molecule has 0 heterocycles. The number of ether oxygens (including phenoxy) is 1. The zero-order chi connectivity index (χ0) is 13.5. The molecule has 0 saturated heterocycles. The second-order valence-electron chi connectivity index (χ2n) is 5.02. The lowest BCUT2D eigenvalue weighted by molar-refractivity contribution is -0.0203. The zero-order valence-corrected chi connectivity index (χ0v) is 13.1. The molecule has 0 aromatic rings.